The number of ether oxygens (including phenoxy) is 5. The van der Waals surface area contributed by atoms with E-state index < -0.39 is 41.3 Å². The van der Waals surface area contributed by atoms with Crippen LogP contribution in [0.4, 0.5) is 0 Å². The number of aromatic nitrogens is 1. The lowest BCUT2D eigenvalue weighted by molar-refractivity contribution is -0.605. The van der Waals surface area contributed by atoms with Crippen LogP contribution in [0.25, 0.3) is 0 Å². The summed E-state index contributed by atoms with van der Waals surface area (Å²) in [6.07, 6.45) is 10.3. The number of nitrogens with zero attached hydrogens (tertiary/aromatic N) is 1. The van der Waals surface area contributed by atoms with Crippen LogP contribution in [0.2, 0.25) is 0 Å². The lowest BCUT2D eigenvalue weighted by atomic mass is 9.56. The quantitative estimate of drug-likeness (QED) is 0.135. The molecule has 0 radical (unpaired) electrons. The van der Waals surface area contributed by atoms with Gasteiger partial charge in [0.2, 0.25) is 11.6 Å². The van der Waals surface area contributed by atoms with Gasteiger partial charge in [-0.1, -0.05) is 27.7 Å². The van der Waals surface area contributed by atoms with Crippen molar-refractivity contribution < 1.29 is 52.8 Å². The summed E-state index contributed by atoms with van der Waals surface area (Å²) < 4.78 is 34.1. The molecular weight excluding hydrogens is 670 g/mol. The summed E-state index contributed by atoms with van der Waals surface area (Å²) in [5, 5.41) is 11.7. The van der Waals surface area contributed by atoms with E-state index >= 15 is 0 Å². The van der Waals surface area contributed by atoms with Gasteiger partial charge in [0.25, 0.3) is 0 Å². The smallest absolute Gasteiger partial charge is 0.338 e. The summed E-state index contributed by atoms with van der Waals surface area (Å²) in [6.45, 7) is 13.3. The summed E-state index contributed by atoms with van der Waals surface area (Å²) in [5.74, 6) is -0.0271. The summed E-state index contributed by atoms with van der Waals surface area (Å²) in [4.78, 5) is 38.3. The minimum atomic E-state index is -0.854. The fourth-order valence-corrected chi connectivity index (χ4v) is 12.2. The van der Waals surface area contributed by atoms with Gasteiger partial charge in [-0.05, 0) is 107 Å². The number of hydrogen-bond donors (Lipinski definition) is 0. The fraction of sp³-hybridized carbons (Fsp3) is 0.850. The van der Waals surface area contributed by atoms with Crippen LogP contribution in [-0.4, -0.2) is 60.1 Å². The summed E-state index contributed by atoms with van der Waals surface area (Å²) >= 11 is 0. The Kier molecular flexibility index (Phi) is 8.83. The minimum Gasteiger partial charge on any atom is -0.619 e. The number of pyridine rings is 1. The normalized spacial score (nSPS) is 51.0. The highest BCUT2D eigenvalue weighted by atomic mass is 17.3. The molecular formula is C40H57NO11. The number of esters is 1. The van der Waals surface area contributed by atoms with Crippen LogP contribution in [0.1, 0.15) is 116 Å². The zero-order valence-electron chi connectivity index (χ0n) is 31.5. The van der Waals surface area contributed by atoms with Gasteiger partial charge in [-0.2, -0.15) is 4.73 Å². The number of rotatable bonds is 7. The van der Waals surface area contributed by atoms with Gasteiger partial charge in [0.1, 0.15) is 0 Å². The van der Waals surface area contributed by atoms with E-state index in [1.54, 1.807) is 0 Å². The first-order chi connectivity index (χ1) is 24.8. The Morgan fingerprint density at radius 2 is 1.23 bits per heavy atom. The maximum Gasteiger partial charge on any atom is 0.338 e. The lowest BCUT2D eigenvalue weighted by Gasteiger charge is -2.61. The van der Waals surface area contributed by atoms with Gasteiger partial charge >= 0.3 is 5.97 Å². The number of fused-ring (bicyclic) bond motifs is 4. The van der Waals surface area contributed by atoms with Gasteiger partial charge in [-0.3, -0.25) is 0 Å². The van der Waals surface area contributed by atoms with E-state index in [4.69, 9.17) is 43.2 Å². The van der Waals surface area contributed by atoms with Crippen LogP contribution in [0.3, 0.4) is 0 Å². The number of hydrogen-bond acceptors (Lipinski definition) is 11. The van der Waals surface area contributed by atoms with Gasteiger partial charge in [0.15, 0.2) is 36.2 Å². The first-order valence-corrected chi connectivity index (χ1v) is 20.1. The average molecular weight is 728 g/mol. The molecule has 1 aromatic rings. The molecule has 0 amide bonds. The molecule has 288 valence electrons. The molecule has 0 aromatic carbocycles. The Hall–Kier alpha value is -1.90. The van der Waals surface area contributed by atoms with Crippen molar-refractivity contribution in [2.45, 2.75) is 153 Å². The molecule has 9 heterocycles. The summed E-state index contributed by atoms with van der Waals surface area (Å²) in [5.41, 5.74) is -0.948. The van der Waals surface area contributed by atoms with Crippen molar-refractivity contribution in [3.8, 4) is 0 Å². The van der Waals surface area contributed by atoms with Crippen LogP contribution in [-0.2, 0) is 43.2 Å². The third-order valence-electron chi connectivity index (χ3n) is 15.2. The van der Waals surface area contributed by atoms with E-state index in [2.05, 4.69) is 27.7 Å². The van der Waals surface area contributed by atoms with Gasteiger partial charge < -0.3 is 28.9 Å². The van der Waals surface area contributed by atoms with Crippen molar-refractivity contribution in [1.82, 2.24) is 0 Å². The molecule has 2 saturated carbocycles. The largest absolute Gasteiger partial charge is 0.619 e. The molecule has 1 aromatic heterocycles. The SMILES string of the molecule is C[C@@H]1CC[C@H]2[C@@H](C)C(CC(COC(=O)c3cc[n+]([O-])cc3)CC3O[C@H]4O[C@@]5(C)CC[C@H]6[C@H](C)CC[C@@H]([C@H]3C)[C@@]46OO5)O[C@H]3O[C@@]4(C)CC[C@@H]1[C@]32OO4. The van der Waals surface area contributed by atoms with Gasteiger partial charge in [-0.15, -0.1) is 0 Å². The maximum atomic E-state index is 13.3. The number of carbonyl (C=O) groups excluding carboxylic acids is 1. The van der Waals surface area contributed by atoms with E-state index in [-0.39, 0.29) is 60.2 Å². The molecule has 52 heavy (non-hydrogen) atoms. The first-order valence-electron chi connectivity index (χ1n) is 20.1. The third kappa shape index (κ3) is 5.51. The third-order valence-corrected chi connectivity index (χ3v) is 15.2. The Balaban J connectivity index is 0.995. The van der Waals surface area contributed by atoms with Crippen LogP contribution >= 0.6 is 0 Å². The van der Waals surface area contributed by atoms with Crippen molar-refractivity contribution in [2.24, 2.45) is 53.3 Å². The summed E-state index contributed by atoms with van der Waals surface area (Å²) in [7, 11) is 0. The topological polar surface area (TPSA) is 127 Å². The van der Waals surface area contributed by atoms with Gasteiger partial charge in [-0.25, -0.2) is 24.3 Å². The standard InChI is InChI=1S/C40H57NO11/c1-22-7-9-30-24(3)32(45-35-39(30)28(22)11-15-37(5,47-35)49-51-39)19-26(21-44-34(42)27-13-17-41(43)18-14-27)20-33-25(4)31-10-8-23(2)29-12-16-38(6)48-36(46-33)40(29,31)52-50-38/h13-14,17-18,22-26,28-33,35-36H,7-12,15-16,19-21H2,1-6H3/t22-,23-,24-,25-,26?,28+,29+,30+,31+,32?,33?,35+,36+,37-,38-,39-,40-/m1/s1. The van der Waals surface area contributed by atoms with Crippen molar-refractivity contribution in [3.63, 3.8) is 0 Å². The Bertz CT molecular complexity index is 1430. The molecule has 2 spiro atoms. The minimum absolute atomic E-state index is 0.0943. The van der Waals surface area contributed by atoms with Crippen molar-refractivity contribution in [3.05, 3.63) is 35.3 Å². The van der Waals surface area contributed by atoms with Crippen molar-refractivity contribution in [1.29, 1.82) is 0 Å². The van der Waals surface area contributed by atoms with Crippen LogP contribution in [0.15, 0.2) is 24.5 Å². The van der Waals surface area contributed by atoms with E-state index in [9.17, 15) is 10.0 Å². The predicted octanol–water partition coefficient (Wildman–Crippen LogP) is 6.37. The molecule has 4 bridgehead atoms. The van der Waals surface area contributed by atoms with Crippen LogP contribution < -0.4 is 4.73 Å². The Labute approximate surface area is 306 Å². The molecule has 2 aliphatic carbocycles. The molecule has 16 atom stereocenters. The van der Waals surface area contributed by atoms with E-state index in [0.29, 0.717) is 35.0 Å². The molecule has 12 heteroatoms. The monoisotopic (exact) mass is 727 g/mol. The average Bonchev–Trinajstić information content (AvgIpc) is 3.49. The highest BCUT2D eigenvalue weighted by Gasteiger charge is 2.71. The highest BCUT2D eigenvalue weighted by molar-refractivity contribution is 5.89. The van der Waals surface area contributed by atoms with E-state index in [0.717, 1.165) is 51.4 Å². The second-order valence-electron chi connectivity index (χ2n) is 18.3. The van der Waals surface area contributed by atoms with Crippen molar-refractivity contribution in [2.75, 3.05) is 6.61 Å². The van der Waals surface area contributed by atoms with Crippen LogP contribution in [0.5, 0.6) is 0 Å². The van der Waals surface area contributed by atoms with Gasteiger partial charge in [0.05, 0.1) is 24.4 Å². The number of carbonyl (C=O) groups is 1. The lowest BCUT2D eigenvalue weighted by Crippen LogP contribution is -2.70. The Morgan fingerprint density at radius 1 is 0.750 bits per heavy atom. The zero-order valence-corrected chi connectivity index (χ0v) is 31.5. The van der Waals surface area contributed by atoms with Crippen LogP contribution in [0, 0.1) is 58.5 Å². The fourth-order valence-electron chi connectivity index (χ4n) is 12.2. The molecule has 0 N–H and O–H groups in total. The maximum absolute atomic E-state index is 13.3. The second kappa shape index (κ2) is 12.8. The highest BCUT2D eigenvalue weighted by Crippen LogP contribution is 2.63. The molecule has 8 aliphatic heterocycles. The van der Waals surface area contributed by atoms with E-state index in [1.807, 2.05) is 13.8 Å². The zero-order chi connectivity index (χ0) is 36.2. The van der Waals surface area contributed by atoms with Crippen molar-refractivity contribution >= 4 is 5.97 Å². The second-order valence-corrected chi connectivity index (χ2v) is 18.3. The molecule has 11 rings (SSSR count). The molecule has 8 saturated heterocycles. The summed E-state index contributed by atoms with van der Waals surface area (Å²) in [6, 6.07) is 2.98. The molecule has 2 unspecified atom stereocenters. The Morgan fingerprint density at radius 3 is 1.71 bits per heavy atom. The van der Waals surface area contributed by atoms with Gasteiger partial charge in [0, 0.05) is 36.8 Å². The first kappa shape index (κ1) is 35.8. The predicted molar refractivity (Wildman–Crippen MR) is 182 cm³/mol. The molecule has 10 aliphatic rings. The molecule has 12 nitrogen and oxygen atoms in total. The van der Waals surface area contributed by atoms with E-state index in [1.165, 1.54) is 24.5 Å². The molecule has 10 fully saturated rings.